The molecule has 0 aliphatic heterocycles. The largest absolute Gasteiger partial charge is 0.462 e. The lowest BCUT2D eigenvalue weighted by Crippen LogP contribution is -2.33. The highest BCUT2D eigenvalue weighted by atomic mass is 32.1. The predicted octanol–water partition coefficient (Wildman–Crippen LogP) is 3.17. The lowest BCUT2D eigenvalue weighted by atomic mass is 9.95. The maximum atomic E-state index is 12.4. The number of carbonyl (C=O) groups excluding carboxylic acids is 3. The highest BCUT2D eigenvalue weighted by Gasteiger charge is 2.27. The second-order valence-corrected chi connectivity index (χ2v) is 7.34. The van der Waals surface area contributed by atoms with Gasteiger partial charge in [-0.3, -0.25) is 9.59 Å². The van der Waals surface area contributed by atoms with E-state index in [2.05, 4.69) is 10.6 Å². The summed E-state index contributed by atoms with van der Waals surface area (Å²) in [5, 5.41) is 5.88. The lowest BCUT2D eigenvalue weighted by Gasteiger charge is -2.12. The summed E-state index contributed by atoms with van der Waals surface area (Å²) < 4.78 is 5.18. The SMILES string of the molecule is CCOC(=O)c1c(NC(=O)CNC(=O)c2ccccc2)sc2c1CCCC2. The van der Waals surface area contributed by atoms with E-state index in [1.807, 2.05) is 6.07 Å². The zero-order valence-corrected chi connectivity index (χ0v) is 16.0. The van der Waals surface area contributed by atoms with Crippen molar-refractivity contribution < 1.29 is 19.1 Å². The first-order valence-corrected chi connectivity index (χ1v) is 9.86. The topological polar surface area (TPSA) is 84.5 Å². The zero-order chi connectivity index (χ0) is 19.2. The highest BCUT2D eigenvalue weighted by molar-refractivity contribution is 7.17. The molecule has 3 rings (SSSR count). The molecule has 7 heteroatoms. The van der Waals surface area contributed by atoms with Gasteiger partial charge in [0, 0.05) is 10.4 Å². The minimum absolute atomic E-state index is 0.168. The van der Waals surface area contributed by atoms with Crippen LogP contribution in [0, 0.1) is 0 Å². The third-order valence-electron chi connectivity index (χ3n) is 4.35. The van der Waals surface area contributed by atoms with Gasteiger partial charge < -0.3 is 15.4 Å². The number of fused-ring (bicyclic) bond motifs is 1. The Bertz CT molecular complexity index is 845. The Hall–Kier alpha value is -2.67. The first-order chi connectivity index (χ1) is 13.1. The van der Waals surface area contributed by atoms with E-state index < -0.39 is 5.97 Å². The summed E-state index contributed by atoms with van der Waals surface area (Å²) in [6.45, 7) is 1.87. The Kier molecular flexibility index (Phi) is 6.24. The van der Waals surface area contributed by atoms with Gasteiger partial charge in [-0.25, -0.2) is 4.79 Å². The molecule has 0 bridgehead atoms. The molecule has 0 spiro atoms. The number of aryl methyl sites for hydroxylation is 1. The summed E-state index contributed by atoms with van der Waals surface area (Å²) >= 11 is 1.43. The molecule has 1 aromatic carbocycles. The molecule has 142 valence electrons. The van der Waals surface area contributed by atoms with Crippen LogP contribution in [-0.4, -0.2) is 30.9 Å². The summed E-state index contributed by atoms with van der Waals surface area (Å²) in [6, 6.07) is 8.70. The van der Waals surface area contributed by atoms with Gasteiger partial charge in [0.25, 0.3) is 5.91 Å². The summed E-state index contributed by atoms with van der Waals surface area (Å²) in [5.74, 6) is -1.09. The first kappa shape index (κ1) is 19.1. The van der Waals surface area contributed by atoms with Gasteiger partial charge in [0.1, 0.15) is 5.00 Å². The van der Waals surface area contributed by atoms with Crippen molar-refractivity contribution in [3.05, 3.63) is 51.9 Å². The van der Waals surface area contributed by atoms with Crippen molar-refractivity contribution in [2.75, 3.05) is 18.5 Å². The smallest absolute Gasteiger partial charge is 0.341 e. The molecule has 27 heavy (non-hydrogen) atoms. The van der Waals surface area contributed by atoms with Crippen LogP contribution in [0.1, 0.15) is 50.9 Å². The fourth-order valence-corrected chi connectivity index (χ4v) is 4.39. The minimum atomic E-state index is -0.402. The van der Waals surface area contributed by atoms with Crippen LogP contribution in [0.4, 0.5) is 5.00 Å². The van der Waals surface area contributed by atoms with Gasteiger partial charge in [0.05, 0.1) is 18.7 Å². The van der Waals surface area contributed by atoms with Crippen molar-refractivity contribution in [2.24, 2.45) is 0 Å². The molecular formula is C20H22N2O4S. The number of benzene rings is 1. The Labute approximate surface area is 161 Å². The molecule has 2 N–H and O–H groups in total. The van der Waals surface area contributed by atoms with Crippen molar-refractivity contribution in [3.63, 3.8) is 0 Å². The Morgan fingerprint density at radius 2 is 1.85 bits per heavy atom. The quantitative estimate of drug-likeness (QED) is 0.747. The molecule has 0 fully saturated rings. The van der Waals surface area contributed by atoms with Gasteiger partial charge in [-0.1, -0.05) is 18.2 Å². The minimum Gasteiger partial charge on any atom is -0.462 e. The van der Waals surface area contributed by atoms with Crippen LogP contribution in [0.5, 0.6) is 0 Å². The molecule has 0 unspecified atom stereocenters. The van der Waals surface area contributed by atoms with Crippen LogP contribution in [0.3, 0.4) is 0 Å². The summed E-state index contributed by atoms with van der Waals surface area (Å²) in [7, 11) is 0. The van der Waals surface area contributed by atoms with Crippen molar-refractivity contribution in [3.8, 4) is 0 Å². The summed E-state index contributed by atoms with van der Waals surface area (Å²) in [4.78, 5) is 37.9. The van der Waals surface area contributed by atoms with E-state index in [1.54, 1.807) is 31.2 Å². The molecule has 0 atom stereocenters. The van der Waals surface area contributed by atoms with Crippen LogP contribution in [0.15, 0.2) is 30.3 Å². The molecule has 2 aromatic rings. The van der Waals surface area contributed by atoms with Crippen molar-refractivity contribution in [1.82, 2.24) is 5.32 Å². The number of carbonyl (C=O) groups is 3. The van der Waals surface area contributed by atoms with E-state index in [0.29, 0.717) is 16.1 Å². The number of thiophene rings is 1. The van der Waals surface area contributed by atoms with Gasteiger partial charge in [-0.05, 0) is 50.3 Å². The van der Waals surface area contributed by atoms with E-state index in [0.717, 1.165) is 36.1 Å². The Morgan fingerprint density at radius 3 is 2.59 bits per heavy atom. The maximum absolute atomic E-state index is 12.4. The molecular weight excluding hydrogens is 364 g/mol. The zero-order valence-electron chi connectivity index (χ0n) is 15.2. The van der Waals surface area contributed by atoms with Crippen LogP contribution in [-0.2, 0) is 22.4 Å². The monoisotopic (exact) mass is 386 g/mol. The van der Waals surface area contributed by atoms with Crippen molar-refractivity contribution in [1.29, 1.82) is 0 Å². The van der Waals surface area contributed by atoms with E-state index in [-0.39, 0.29) is 25.0 Å². The Balaban J connectivity index is 1.69. The molecule has 0 radical (unpaired) electrons. The molecule has 1 aliphatic carbocycles. The molecule has 2 amide bonds. The first-order valence-electron chi connectivity index (χ1n) is 9.05. The van der Waals surface area contributed by atoms with Crippen LogP contribution >= 0.6 is 11.3 Å². The third kappa shape index (κ3) is 4.54. The second kappa shape index (κ2) is 8.81. The fourth-order valence-electron chi connectivity index (χ4n) is 3.10. The van der Waals surface area contributed by atoms with Gasteiger partial charge in [-0.2, -0.15) is 0 Å². The standard InChI is InChI=1S/C20H22N2O4S/c1-2-26-20(25)17-14-10-6-7-11-15(14)27-19(17)22-16(23)12-21-18(24)13-8-4-3-5-9-13/h3-5,8-9H,2,6-7,10-12H2,1H3,(H,21,24)(H,22,23). The number of nitrogens with one attached hydrogen (secondary N) is 2. The predicted molar refractivity (Wildman–Crippen MR) is 104 cm³/mol. The van der Waals surface area contributed by atoms with E-state index in [4.69, 9.17) is 4.74 Å². The fraction of sp³-hybridized carbons (Fsp3) is 0.350. The molecule has 6 nitrogen and oxygen atoms in total. The van der Waals surface area contributed by atoms with Gasteiger partial charge in [0.15, 0.2) is 0 Å². The number of ether oxygens (including phenoxy) is 1. The summed E-state index contributed by atoms with van der Waals surface area (Å²) in [5.41, 5.74) is 1.96. The molecule has 1 heterocycles. The number of esters is 1. The Morgan fingerprint density at radius 1 is 1.11 bits per heavy atom. The van der Waals surface area contributed by atoms with Gasteiger partial charge in [0.2, 0.25) is 5.91 Å². The number of hydrogen-bond donors (Lipinski definition) is 2. The number of hydrogen-bond acceptors (Lipinski definition) is 5. The normalized spacial score (nSPS) is 12.8. The van der Waals surface area contributed by atoms with E-state index >= 15 is 0 Å². The third-order valence-corrected chi connectivity index (χ3v) is 5.56. The van der Waals surface area contributed by atoms with Crippen LogP contribution in [0.2, 0.25) is 0 Å². The van der Waals surface area contributed by atoms with Crippen LogP contribution < -0.4 is 10.6 Å². The van der Waals surface area contributed by atoms with Crippen molar-refractivity contribution >= 4 is 34.1 Å². The van der Waals surface area contributed by atoms with E-state index in [1.165, 1.54) is 11.3 Å². The van der Waals surface area contributed by atoms with Crippen molar-refractivity contribution in [2.45, 2.75) is 32.6 Å². The number of amides is 2. The van der Waals surface area contributed by atoms with Gasteiger partial charge in [-0.15, -0.1) is 11.3 Å². The average Bonchev–Trinajstić information content (AvgIpc) is 3.04. The number of rotatable bonds is 6. The highest BCUT2D eigenvalue weighted by Crippen LogP contribution is 2.38. The molecule has 0 saturated carbocycles. The lowest BCUT2D eigenvalue weighted by molar-refractivity contribution is -0.115. The summed E-state index contributed by atoms with van der Waals surface area (Å²) in [6.07, 6.45) is 3.83. The maximum Gasteiger partial charge on any atom is 0.341 e. The van der Waals surface area contributed by atoms with Crippen LogP contribution in [0.25, 0.3) is 0 Å². The average molecular weight is 386 g/mol. The molecule has 1 aliphatic rings. The molecule has 0 saturated heterocycles. The molecule has 1 aromatic heterocycles. The van der Waals surface area contributed by atoms with Gasteiger partial charge >= 0.3 is 5.97 Å². The second-order valence-electron chi connectivity index (χ2n) is 6.23. The van der Waals surface area contributed by atoms with E-state index in [9.17, 15) is 14.4 Å². The number of anilines is 1.